The maximum absolute atomic E-state index is 10.9. The minimum Gasteiger partial charge on any atom is -0.490 e. The van der Waals surface area contributed by atoms with Crippen LogP contribution in [0.4, 0.5) is 0 Å². The van der Waals surface area contributed by atoms with E-state index >= 15 is 0 Å². The van der Waals surface area contributed by atoms with Gasteiger partial charge in [0, 0.05) is 18.1 Å². The molecule has 1 unspecified atom stereocenters. The van der Waals surface area contributed by atoms with Crippen LogP contribution >= 0.6 is 11.6 Å². The third-order valence-corrected chi connectivity index (χ3v) is 4.42. The summed E-state index contributed by atoms with van der Waals surface area (Å²) in [5.41, 5.74) is 0.461. The first-order valence-electron chi connectivity index (χ1n) is 8.00. The van der Waals surface area contributed by atoms with Crippen molar-refractivity contribution in [3.05, 3.63) is 65.2 Å². The van der Waals surface area contributed by atoms with E-state index in [9.17, 15) is 5.11 Å². The summed E-state index contributed by atoms with van der Waals surface area (Å²) in [6.07, 6.45) is 1.74. The standard InChI is InChI=1S/C19H22ClNO2/c20-17-8-4-9-18(12-17)23-15-19(22)10-5-11-21(14-19)13-16-6-2-1-3-7-16/h1-4,6-9,12,22H,5,10-11,13-15H2. The van der Waals surface area contributed by atoms with Crippen molar-refractivity contribution in [3.8, 4) is 5.75 Å². The summed E-state index contributed by atoms with van der Waals surface area (Å²) in [5.74, 6) is 0.700. The fraction of sp³-hybridized carbons (Fsp3) is 0.368. The summed E-state index contributed by atoms with van der Waals surface area (Å²) in [4.78, 5) is 2.29. The van der Waals surface area contributed by atoms with Crippen molar-refractivity contribution < 1.29 is 9.84 Å². The van der Waals surface area contributed by atoms with Crippen LogP contribution in [0.15, 0.2) is 54.6 Å². The third-order valence-electron chi connectivity index (χ3n) is 4.19. The minimum absolute atomic E-state index is 0.290. The molecule has 0 aromatic heterocycles. The molecule has 0 aliphatic carbocycles. The molecule has 122 valence electrons. The summed E-state index contributed by atoms with van der Waals surface area (Å²) in [5, 5.41) is 11.5. The fourth-order valence-electron chi connectivity index (χ4n) is 3.07. The number of nitrogens with zero attached hydrogens (tertiary/aromatic N) is 1. The van der Waals surface area contributed by atoms with E-state index in [1.54, 1.807) is 6.07 Å². The van der Waals surface area contributed by atoms with Crippen molar-refractivity contribution in [1.29, 1.82) is 0 Å². The van der Waals surface area contributed by atoms with E-state index in [2.05, 4.69) is 17.0 Å². The van der Waals surface area contributed by atoms with Crippen molar-refractivity contribution in [2.45, 2.75) is 25.0 Å². The number of hydrogen-bond acceptors (Lipinski definition) is 3. The van der Waals surface area contributed by atoms with E-state index in [4.69, 9.17) is 16.3 Å². The van der Waals surface area contributed by atoms with Gasteiger partial charge in [0.1, 0.15) is 18.0 Å². The first-order chi connectivity index (χ1) is 11.1. The van der Waals surface area contributed by atoms with Gasteiger partial charge in [0.15, 0.2) is 0 Å². The Labute approximate surface area is 142 Å². The van der Waals surface area contributed by atoms with E-state index in [0.717, 1.165) is 25.9 Å². The van der Waals surface area contributed by atoms with Gasteiger partial charge in [-0.1, -0.05) is 48.0 Å². The Bertz CT molecular complexity index is 634. The summed E-state index contributed by atoms with van der Waals surface area (Å²) >= 11 is 5.96. The summed E-state index contributed by atoms with van der Waals surface area (Å²) in [7, 11) is 0. The van der Waals surface area contributed by atoms with Gasteiger partial charge in [0.05, 0.1) is 0 Å². The van der Waals surface area contributed by atoms with Gasteiger partial charge in [-0.2, -0.15) is 0 Å². The highest BCUT2D eigenvalue weighted by Crippen LogP contribution is 2.25. The third kappa shape index (κ3) is 4.71. The number of halogens is 1. The van der Waals surface area contributed by atoms with Crippen molar-refractivity contribution in [3.63, 3.8) is 0 Å². The minimum atomic E-state index is -0.810. The molecule has 0 amide bonds. The maximum atomic E-state index is 10.9. The SMILES string of the molecule is OC1(COc2cccc(Cl)c2)CCCN(Cc2ccccc2)C1. The lowest BCUT2D eigenvalue weighted by Crippen LogP contribution is -2.51. The van der Waals surface area contributed by atoms with E-state index < -0.39 is 5.60 Å². The normalized spacial score (nSPS) is 22.0. The molecule has 4 heteroatoms. The second-order valence-electron chi connectivity index (χ2n) is 6.27. The van der Waals surface area contributed by atoms with Crippen LogP contribution in [0, 0.1) is 0 Å². The van der Waals surface area contributed by atoms with Crippen LogP contribution in [0.1, 0.15) is 18.4 Å². The summed E-state index contributed by atoms with van der Waals surface area (Å²) < 4.78 is 5.77. The lowest BCUT2D eigenvalue weighted by Gasteiger charge is -2.39. The average molecular weight is 332 g/mol. The largest absolute Gasteiger partial charge is 0.490 e. The van der Waals surface area contributed by atoms with Crippen LogP contribution in [0.5, 0.6) is 5.75 Å². The van der Waals surface area contributed by atoms with Crippen LogP contribution < -0.4 is 4.74 Å². The van der Waals surface area contributed by atoms with Crippen LogP contribution in [0.25, 0.3) is 0 Å². The van der Waals surface area contributed by atoms with Crippen LogP contribution in [0.3, 0.4) is 0 Å². The van der Waals surface area contributed by atoms with Crippen molar-refractivity contribution in [2.75, 3.05) is 19.7 Å². The molecule has 3 nitrogen and oxygen atoms in total. The Hall–Kier alpha value is -1.55. The van der Waals surface area contributed by atoms with Gasteiger partial charge in [-0.25, -0.2) is 0 Å². The Kier molecular flexibility index (Phi) is 5.21. The first kappa shape index (κ1) is 16.3. The lowest BCUT2D eigenvalue weighted by atomic mass is 9.93. The Balaban J connectivity index is 1.58. The summed E-state index contributed by atoms with van der Waals surface area (Å²) in [6, 6.07) is 17.7. The van der Waals surface area contributed by atoms with Crippen molar-refractivity contribution in [2.24, 2.45) is 0 Å². The van der Waals surface area contributed by atoms with Crippen LogP contribution in [-0.4, -0.2) is 35.3 Å². The molecule has 1 heterocycles. The molecule has 1 fully saturated rings. The molecular formula is C19H22ClNO2. The van der Waals surface area contributed by atoms with Gasteiger partial charge in [0.25, 0.3) is 0 Å². The van der Waals surface area contributed by atoms with E-state index in [-0.39, 0.29) is 0 Å². The molecule has 1 atom stereocenters. The maximum Gasteiger partial charge on any atom is 0.120 e. The molecule has 1 N–H and O–H groups in total. The summed E-state index contributed by atoms with van der Waals surface area (Å²) in [6.45, 7) is 2.79. The molecule has 0 saturated carbocycles. The van der Waals surface area contributed by atoms with Gasteiger partial charge in [0.2, 0.25) is 0 Å². The molecule has 23 heavy (non-hydrogen) atoms. The molecule has 0 bridgehead atoms. The topological polar surface area (TPSA) is 32.7 Å². The number of hydrogen-bond donors (Lipinski definition) is 1. The van der Waals surface area contributed by atoms with Gasteiger partial charge < -0.3 is 9.84 Å². The molecule has 3 rings (SSSR count). The van der Waals surface area contributed by atoms with Crippen molar-refractivity contribution in [1.82, 2.24) is 4.90 Å². The number of likely N-dealkylation sites (tertiary alicyclic amines) is 1. The predicted octanol–water partition coefficient (Wildman–Crippen LogP) is 3.75. The van der Waals surface area contributed by atoms with E-state index in [0.29, 0.717) is 23.9 Å². The number of ether oxygens (including phenoxy) is 1. The number of β-amino-alcohol motifs (C(OH)–C–C–N with tert-alkyl or cyclic N) is 1. The quantitative estimate of drug-likeness (QED) is 0.905. The second kappa shape index (κ2) is 7.35. The van der Waals surface area contributed by atoms with Gasteiger partial charge >= 0.3 is 0 Å². The van der Waals surface area contributed by atoms with Crippen LogP contribution in [0.2, 0.25) is 5.02 Å². The van der Waals surface area contributed by atoms with Gasteiger partial charge in [-0.15, -0.1) is 0 Å². The lowest BCUT2D eigenvalue weighted by molar-refractivity contribution is -0.0621. The first-order valence-corrected chi connectivity index (χ1v) is 8.38. The zero-order valence-corrected chi connectivity index (χ0v) is 13.9. The second-order valence-corrected chi connectivity index (χ2v) is 6.71. The molecule has 2 aromatic carbocycles. The zero-order valence-electron chi connectivity index (χ0n) is 13.1. The Morgan fingerprint density at radius 3 is 2.74 bits per heavy atom. The smallest absolute Gasteiger partial charge is 0.120 e. The Morgan fingerprint density at radius 1 is 1.13 bits per heavy atom. The molecule has 0 radical (unpaired) electrons. The Morgan fingerprint density at radius 2 is 1.96 bits per heavy atom. The number of aliphatic hydroxyl groups is 1. The fourth-order valence-corrected chi connectivity index (χ4v) is 3.26. The zero-order chi connectivity index (χ0) is 16.1. The highest BCUT2D eigenvalue weighted by Gasteiger charge is 2.34. The molecule has 1 aliphatic rings. The molecular weight excluding hydrogens is 310 g/mol. The number of piperidine rings is 1. The predicted molar refractivity (Wildman–Crippen MR) is 92.8 cm³/mol. The highest BCUT2D eigenvalue weighted by atomic mass is 35.5. The van der Waals surface area contributed by atoms with Gasteiger partial charge in [-0.3, -0.25) is 4.90 Å². The average Bonchev–Trinajstić information content (AvgIpc) is 2.54. The molecule has 1 saturated heterocycles. The molecule has 0 spiro atoms. The van der Waals surface area contributed by atoms with Gasteiger partial charge in [-0.05, 0) is 43.1 Å². The number of rotatable bonds is 5. The molecule has 2 aromatic rings. The van der Waals surface area contributed by atoms with Crippen molar-refractivity contribution >= 4 is 11.6 Å². The van der Waals surface area contributed by atoms with Crippen LogP contribution in [-0.2, 0) is 6.54 Å². The van der Waals surface area contributed by atoms with E-state index in [1.807, 2.05) is 36.4 Å². The molecule has 1 aliphatic heterocycles. The number of benzene rings is 2. The van der Waals surface area contributed by atoms with E-state index in [1.165, 1.54) is 5.56 Å². The highest BCUT2D eigenvalue weighted by molar-refractivity contribution is 6.30. The monoisotopic (exact) mass is 331 g/mol.